The van der Waals surface area contributed by atoms with E-state index in [9.17, 15) is 18.0 Å². The molecular formula is C16H19F3N2O2. The van der Waals surface area contributed by atoms with Gasteiger partial charge in [0.1, 0.15) is 5.69 Å². The van der Waals surface area contributed by atoms with Crippen LogP contribution in [0.1, 0.15) is 43.4 Å². The fourth-order valence-corrected chi connectivity index (χ4v) is 3.30. The first-order valence-corrected chi connectivity index (χ1v) is 7.82. The Hall–Kier alpha value is -1.63. The van der Waals surface area contributed by atoms with Gasteiger partial charge in [0.2, 0.25) is 5.91 Å². The standard InChI is InChI=1S/C16H19F3N2O2/c17-16(18,19)13-3-2-12(10-20-13)11-21-8-7-15(5-1-9-23-15)6-4-14(21)22/h2-3,10H,1,4-9,11H2/t15-/m0/s1. The molecule has 0 N–H and O–H groups in total. The van der Waals surface area contributed by atoms with E-state index in [-0.39, 0.29) is 11.5 Å². The van der Waals surface area contributed by atoms with Gasteiger partial charge >= 0.3 is 6.18 Å². The minimum atomic E-state index is -4.44. The number of carbonyl (C=O) groups is 1. The maximum atomic E-state index is 12.5. The molecule has 3 rings (SSSR count). The quantitative estimate of drug-likeness (QED) is 0.837. The van der Waals surface area contributed by atoms with Gasteiger partial charge < -0.3 is 9.64 Å². The summed E-state index contributed by atoms with van der Waals surface area (Å²) in [5, 5.41) is 0. The molecule has 2 aliphatic heterocycles. The largest absolute Gasteiger partial charge is 0.433 e. The van der Waals surface area contributed by atoms with Gasteiger partial charge in [-0.25, -0.2) is 0 Å². The molecular weight excluding hydrogens is 309 g/mol. The Morgan fingerprint density at radius 3 is 2.70 bits per heavy atom. The summed E-state index contributed by atoms with van der Waals surface area (Å²) in [6, 6.07) is 2.34. The molecule has 1 aromatic heterocycles. The van der Waals surface area contributed by atoms with Gasteiger partial charge in [0.05, 0.1) is 5.60 Å². The van der Waals surface area contributed by atoms with Crippen LogP contribution >= 0.6 is 0 Å². The van der Waals surface area contributed by atoms with Crippen molar-refractivity contribution in [1.29, 1.82) is 0 Å². The number of pyridine rings is 1. The SMILES string of the molecule is O=C1CC[C@@]2(CCCO2)CCN1Cc1ccc(C(F)(F)F)nc1. The maximum absolute atomic E-state index is 12.5. The highest BCUT2D eigenvalue weighted by atomic mass is 19.4. The van der Waals surface area contributed by atoms with Gasteiger partial charge in [-0.15, -0.1) is 0 Å². The van der Waals surface area contributed by atoms with Crippen LogP contribution in [0.25, 0.3) is 0 Å². The van der Waals surface area contributed by atoms with Crippen LogP contribution in [-0.2, 0) is 22.3 Å². The number of ether oxygens (including phenoxy) is 1. The topological polar surface area (TPSA) is 42.4 Å². The van der Waals surface area contributed by atoms with Crippen LogP contribution in [0.5, 0.6) is 0 Å². The molecule has 3 heterocycles. The molecule has 7 heteroatoms. The molecule has 0 aliphatic carbocycles. The zero-order valence-electron chi connectivity index (χ0n) is 12.7. The minimum absolute atomic E-state index is 0.0253. The lowest BCUT2D eigenvalue weighted by atomic mass is 9.92. The fraction of sp³-hybridized carbons (Fsp3) is 0.625. The van der Waals surface area contributed by atoms with E-state index in [1.54, 1.807) is 4.90 Å². The van der Waals surface area contributed by atoms with E-state index in [1.807, 2.05) is 0 Å². The van der Waals surface area contributed by atoms with Gasteiger partial charge in [0.25, 0.3) is 0 Å². The number of nitrogens with zero attached hydrogens (tertiary/aromatic N) is 2. The predicted octanol–water partition coefficient (Wildman–Crippen LogP) is 3.16. The molecule has 4 nitrogen and oxygen atoms in total. The Balaban J connectivity index is 1.66. The first-order chi connectivity index (χ1) is 10.9. The molecule has 0 saturated carbocycles. The first kappa shape index (κ1) is 16.2. The average molecular weight is 328 g/mol. The second-order valence-electron chi connectivity index (χ2n) is 6.25. The van der Waals surface area contributed by atoms with Crippen molar-refractivity contribution in [2.24, 2.45) is 0 Å². The van der Waals surface area contributed by atoms with E-state index in [0.29, 0.717) is 25.1 Å². The smallest absolute Gasteiger partial charge is 0.375 e. The van der Waals surface area contributed by atoms with Crippen molar-refractivity contribution in [2.75, 3.05) is 13.2 Å². The second-order valence-corrected chi connectivity index (χ2v) is 6.25. The van der Waals surface area contributed by atoms with Gasteiger partial charge in [0.15, 0.2) is 0 Å². The van der Waals surface area contributed by atoms with Crippen molar-refractivity contribution in [1.82, 2.24) is 9.88 Å². The first-order valence-electron chi connectivity index (χ1n) is 7.82. The summed E-state index contributed by atoms with van der Waals surface area (Å²) in [6.07, 6.45) is 0.702. The molecule has 0 bridgehead atoms. The monoisotopic (exact) mass is 328 g/mol. The molecule has 1 atom stereocenters. The molecule has 126 valence electrons. The van der Waals surface area contributed by atoms with Crippen molar-refractivity contribution in [2.45, 2.75) is 50.4 Å². The molecule has 1 spiro atoms. The fourth-order valence-electron chi connectivity index (χ4n) is 3.30. The lowest BCUT2D eigenvalue weighted by molar-refractivity contribution is -0.141. The van der Waals surface area contributed by atoms with Crippen molar-refractivity contribution < 1.29 is 22.7 Å². The predicted molar refractivity (Wildman–Crippen MR) is 76.4 cm³/mol. The minimum Gasteiger partial charge on any atom is -0.375 e. The summed E-state index contributed by atoms with van der Waals surface area (Å²) >= 11 is 0. The molecule has 0 aromatic carbocycles. The molecule has 23 heavy (non-hydrogen) atoms. The highest BCUT2D eigenvalue weighted by molar-refractivity contribution is 5.76. The lowest BCUT2D eigenvalue weighted by Gasteiger charge is -2.26. The second kappa shape index (κ2) is 6.11. The van der Waals surface area contributed by atoms with Crippen molar-refractivity contribution in [3.8, 4) is 0 Å². The van der Waals surface area contributed by atoms with E-state index < -0.39 is 11.9 Å². The summed E-state index contributed by atoms with van der Waals surface area (Å²) in [4.78, 5) is 17.4. The molecule has 2 aliphatic rings. The van der Waals surface area contributed by atoms with Gasteiger partial charge in [-0.2, -0.15) is 13.2 Å². The zero-order valence-corrected chi connectivity index (χ0v) is 12.7. The van der Waals surface area contributed by atoms with Crippen LogP contribution in [0.4, 0.5) is 13.2 Å². The van der Waals surface area contributed by atoms with Crippen molar-refractivity contribution >= 4 is 5.91 Å². The van der Waals surface area contributed by atoms with E-state index >= 15 is 0 Å². The third kappa shape index (κ3) is 3.65. The van der Waals surface area contributed by atoms with Gasteiger partial charge in [-0.3, -0.25) is 9.78 Å². The summed E-state index contributed by atoms with van der Waals surface area (Å²) in [5.74, 6) is 0.0253. The summed E-state index contributed by atoms with van der Waals surface area (Å²) in [7, 11) is 0. The number of halogens is 3. The maximum Gasteiger partial charge on any atom is 0.433 e. The summed E-state index contributed by atoms with van der Waals surface area (Å²) < 4.78 is 43.4. The molecule has 1 aromatic rings. The van der Waals surface area contributed by atoms with E-state index in [4.69, 9.17) is 4.74 Å². The molecule has 0 radical (unpaired) electrons. The van der Waals surface area contributed by atoms with E-state index in [2.05, 4.69) is 4.98 Å². The van der Waals surface area contributed by atoms with Crippen LogP contribution in [0.2, 0.25) is 0 Å². The number of likely N-dealkylation sites (tertiary alicyclic amines) is 1. The van der Waals surface area contributed by atoms with Crippen molar-refractivity contribution in [3.05, 3.63) is 29.6 Å². The van der Waals surface area contributed by atoms with Crippen molar-refractivity contribution in [3.63, 3.8) is 0 Å². The molecule has 0 unspecified atom stereocenters. The van der Waals surface area contributed by atoms with Gasteiger partial charge in [-0.05, 0) is 37.3 Å². The van der Waals surface area contributed by atoms with Gasteiger partial charge in [0, 0.05) is 32.3 Å². The normalized spacial score (nSPS) is 25.9. The van der Waals surface area contributed by atoms with Crippen LogP contribution in [-0.4, -0.2) is 34.5 Å². The molecule has 2 fully saturated rings. The molecule has 2 saturated heterocycles. The van der Waals surface area contributed by atoms with Crippen LogP contribution < -0.4 is 0 Å². The number of amides is 1. The number of alkyl halides is 3. The summed E-state index contributed by atoms with van der Waals surface area (Å²) in [6.45, 7) is 1.61. The van der Waals surface area contributed by atoms with Crippen LogP contribution in [0.15, 0.2) is 18.3 Å². The Morgan fingerprint density at radius 1 is 1.26 bits per heavy atom. The Bertz CT molecular complexity index is 566. The van der Waals surface area contributed by atoms with Crippen LogP contribution in [0, 0.1) is 0 Å². The third-order valence-electron chi connectivity index (χ3n) is 4.66. The van der Waals surface area contributed by atoms with Gasteiger partial charge in [-0.1, -0.05) is 6.07 Å². The number of hydrogen-bond acceptors (Lipinski definition) is 3. The average Bonchev–Trinajstić information content (AvgIpc) is 2.92. The van der Waals surface area contributed by atoms with E-state index in [0.717, 1.165) is 38.4 Å². The van der Waals surface area contributed by atoms with Crippen LogP contribution in [0.3, 0.4) is 0 Å². The number of rotatable bonds is 2. The number of hydrogen-bond donors (Lipinski definition) is 0. The highest BCUT2D eigenvalue weighted by Gasteiger charge is 2.38. The Kier molecular flexibility index (Phi) is 4.31. The molecule has 1 amide bonds. The zero-order chi connectivity index (χ0) is 16.5. The third-order valence-corrected chi connectivity index (χ3v) is 4.66. The Morgan fingerprint density at radius 2 is 2.09 bits per heavy atom. The lowest BCUT2D eigenvalue weighted by Crippen LogP contribution is -2.32. The Labute approximate surface area is 132 Å². The van der Waals surface area contributed by atoms with E-state index in [1.165, 1.54) is 12.3 Å². The number of aromatic nitrogens is 1. The highest BCUT2D eigenvalue weighted by Crippen LogP contribution is 2.36. The summed E-state index contributed by atoms with van der Waals surface area (Å²) in [5.41, 5.74) is -0.487. The number of carbonyl (C=O) groups excluding carboxylic acids is 1.